The van der Waals surface area contributed by atoms with Gasteiger partial charge < -0.3 is 31.3 Å². The Morgan fingerprint density at radius 1 is 1.15 bits per heavy atom. The lowest BCUT2D eigenvalue weighted by Gasteiger charge is -2.47. The van der Waals surface area contributed by atoms with E-state index < -0.39 is 11.6 Å². The minimum Gasteiger partial charge on any atom is -0.465 e. The molecule has 224 valence electrons. The highest BCUT2D eigenvalue weighted by atomic mass is 35.5. The van der Waals surface area contributed by atoms with Crippen molar-refractivity contribution in [3.63, 3.8) is 0 Å². The van der Waals surface area contributed by atoms with Gasteiger partial charge in [-0.25, -0.2) is 9.59 Å². The standard InChI is InChI=1S/C30H48ClN5O4/c1-3-27(37)35-30(15-9-16-33-29(39)40,23-12-7-14-25(31)19-23)24-13-8-17-36(21-24)28(38)34-26(20-32-2)18-22-10-5-4-6-11-22/h7,12,14,19,22,24,26,32-33H,3-6,8-11,13,15-18,20-21H2,1-2H3,(H,34,38)(H,35,37)(H,39,40)/t24-,26+,30-/m1/s1. The number of hydrogen-bond donors (Lipinski definition) is 5. The second-order valence-corrected chi connectivity index (χ2v) is 11.9. The Balaban J connectivity index is 1.82. The Morgan fingerprint density at radius 2 is 1.93 bits per heavy atom. The SMILES string of the molecule is CCC(=O)N[C@](CCCNC(=O)O)(c1cccc(Cl)c1)[C@@H]1CCCN(C(=O)N[C@H](CNC)CC2CCCCC2)C1. The molecule has 3 rings (SSSR count). The van der Waals surface area contributed by atoms with E-state index in [4.69, 9.17) is 16.7 Å². The first-order valence-corrected chi connectivity index (χ1v) is 15.4. The summed E-state index contributed by atoms with van der Waals surface area (Å²) in [6, 6.07) is 7.54. The lowest BCUT2D eigenvalue weighted by Crippen LogP contribution is -2.58. The third-order valence-electron chi connectivity index (χ3n) is 8.57. The first-order valence-electron chi connectivity index (χ1n) is 15.0. The third-order valence-corrected chi connectivity index (χ3v) is 8.81. The van der Waals surface area contributed by atoms with E-state index in [0.717, 1.165) is 31.4 Å². The zero-order valence-electron chi connectivity index (χ0n) is 24.1. The zero-order valence-corrected chi connectivity index (χ0v) is 24.9. The number of hydrogen-bond acceptors (Lipinski definition) is 4. The van der Waals surface area contributed by atoms with Crippen LogP contribution in [0.5, 0.6) is 0 Å². The number of likely N-dealkylation sites (tertiary alicyclic amines) is 1. The van der Waals surface area contributed by atoms with Crippen molar-refractivity contribution in [3.8, 4) is 0 Å². The molecule has 2 aliphatic rings. The van der Waals surface area contributed by atoms with Crippen LogP contribution in [0.2, 0.25) is 5.02 Å². The number of carboxylic acid groups (broad SMARTS) is 1. The molecule has 1 saturated heterocycles. The van der Waals surface area contributed by atoms with E-state index in [2.05, 4.69) is 21.3 Å². The maximum Gasteiger partial charge on any atom is 0.404 e. The summed E-state index contributed by atoms with van der Waals surface area (Å²) in [6.07, 6.45) is 9.24. The average molecular weight is 578 g/mol. The predicted octanol–water partition coefficient (Wildman–Crippen LogP) is 5.09. The molecule has 0 spiro atoms. The fourth-order valence-corrected chi connectivity index (χ4v) is 6.77. The van der Waals surface area contributed by atoms with Crippen LogP contribution in [0.25, 0.3) is 0 Å². The number of rotatable bonds is 13. The lowest BCUT2D eigenvalue weighted by atomic mass is 9.71. The Labute approximate surface area is 244 Å². The molecule has 0 aromatic heterocycles. The molecule has 2 fully saturated rings. The van der Waals surface area contributed by atoms with Gasteiger partial charge in [-0.3, -0.25) is 4.79 Å². The number of benzene rings is 1. The molecule has 3 atom stereocenters. The molecule has 4 amide bonds. The summed E-state index contributed by atoms with van der Waals surface area (Å²) in [6.45, 7) is 3.97. The van der Waals surface area contributed by atoms with Crippen LogP contribution in [0.15, 0.2) is 24.3 Å². The highest BCUT2D eigenvalue weighted by Gasteiger charge is 2.44. The fraction of sp³-hybridized carbons (Fsp3) is 0.700. The van der Waals surface area contributed by atoms with E-state index in [1.807, 2.05) is 37.1 Å². The van der Waals surface area contributed by atoms with Crippen molar-refractivity contribution in [2.24, 2.45) is 11.8 Å². The molecule has 1 aliphatic heterocycles. The van der Waals surface area contributed by atoms with Gasteiger partial charge in [0.1, 0.15) is 0 Å². The monoisotopic (exact) mass is 577 g/mol. The summed E-state index contributed by atoms with van der Waals surface area (Å²) in [4.78, 5) is 39.5. The molecule has 10 heteroatoms. The Bertz CT molecular complexity index is 973. The van der Waals surface area contributed by atoms with Gasteiger partial charge in [-0.15, -0.1) is 0 Å². The van der Waals surface area contributed by atoms with Crippen LogP contribution in [0.1, 0.15) is 83.1 Å². The summed E-state index contributed by atoms with van der Waals surface area (Å²) in [7, 11) is 1.92. The van der Waals surface area contributed by atoms with Gasteiger partial charge in [-0.2, -0.15) is 0 Å². The molecule has 0 radical (unpaired) electrons. The second-order valence-electron chi connectivity index (χ2n) is 11.4. The number of urea groups is 1. The van der Waals surface area contributed by atoms with Crippen LogP contribution in [-0.4, -0.2) is 67.3 Å². The Morgan fingerprint density at radius 3 is 2.60 bits per heavy atom. The van der Waals surface area contributed by atoms with Crippen molar-refractivity contribution in [2.45, 2.75) is 89.1 Å². The maximum absolute atomic E-state index is 13.6. The van der Waals surface area contributed by atoms with Gasteiger partial charge in [-0.05, 0) is 62.8 Å². The van der Waals surface area contributed by atoms with Crippen LogP contribution in [0.4, 0.5) is 9.59 Å². The number of likely N-dealkylation sites (N-methyl/N-ethyl adjacent to an activating group) is 1. The average Bonchev–Trinajstić information content (AvgIpc) is 2.95. The largest absolute Gasteiger partial charge is 0.465 e. The van der Waals surface area contributed by atoms with Crippen molar-refractivity contribution in [1.82, 2.24) is 26.2 Å². The van der Waals surface area contributed by atoms with Crippen LogP contribution in [0.3, 0.4) is 0 Å². The number of amides is 4. The van der Waals surface area contributed by atoms with Gasteiger partial charge in [0.25, 0.3) is 0 Å². The van der Waals surface area contributed by atoms with Gasteiger partial charge in [0.05, 0.1) is 5.54 Å². The summed E-state index contributed by atoms with van der Waals surface area (Å²) < 4.78 is 0. The number of nitrogens with zero attached hydrogens (tertiary/aromatic N) is 1. The van der Waals surface area contributed by atoms with Gasteiger partial charge in [0.15, 0.2) is 0 Å². The van der Waals surface area contributed by atoms with Crippen molar-refractivity contribution < 1.29 is 19.5 Å². The second kappa shape index (κ2) is 16.1. The first-order chi connectivity index (χ1) is 19.3. The van der Waals surface area contributed by atoms with Crippen molar-refractivity contribution in [1.29, 1.82) is 0 Å². The van der Waals surface area contributed by atoms with E-state index in [1.54, 1.807) is 6.07 Å². The van der Waals surface area contributed by atoms with Gasteiger partial charge in [-0.1, -0.05) is 62.8 Å². The number of nitrogens with one attached hydrogen (secondary N) is 4. The van der Waals surface area contributed by atoms with Gasteiger partial charge in [0.2, 0.25) is 5.91 Å². The van der Waals surface area contributed by atoms with Crippen molar-refractivity contribution >= 4 is 29.6 Å². The molecular formula is C30H48ClN5O4. The topological polar surface area (TPSA) is 123 Å². The molecule has 1 aromatic rings. The smallest absolute Gasteiger partial charge is 0.404 e. The van der Waals surface area contributed by atoms with Crippen LogP contribution >= 0.6 is 11.6 Å². The number of carbonyl (C=O) groups is 3. The highest BCUT2D eigenvalue weighted by Crippen LogP contribution is 2.40. The molecule has 40 heavy (non-hydrogen) atoms. The molecule has 1 aromatic carbocycles. The van der Waals surface area contributed by atoms with E-state index in [9.17, 15) is 14.4 Å². The van der Waals surface area contributed by atoms with Crippen LogP contribution in [-0.2, 0) is 10.3 Å². The van der Waals surface area contributed by atoms with Crippen molar-refractivity contribution in [3.05, 3.63) is 34.9 Å². The Hall–Kier alpha value is -2.52. The Kier molecular flexibility index (Phi) is 12.8. The molecule has 0 unspecified atom stereocenters. The number of piperidine rings is 1. The van der Waals surface area contributed by atoms with E-state index in [0.29, 0.717) is 43.3 Å². The zero-order chi connectivity index (χ0) is 29.0. The van der Waals surface area contributed by atoms with Gasteiger partial charge in [0, 0.05) is 49.6 Å². The van der Waals surface area contributed by atoms with E-state index >= 15 is 0 Å². The summed E-state index contributed by atoms with van der Waals surface area (Å²) in [5.74, 6) is 0.502. The highest BCUT2D eigenvalue weighted by molar-refractivity contribution is 6.30. The van der Waals surface area contributed by atoms with Crippen LogP contribution < -0.4 is 21.3 Å². The number of carbonyl (C=O) groups excluding carboxylic acids is 2. The third kappa shape index (κ3) is 9.26. The summed E-state index contributed by atoms with van der Waals surface area (Å²) >= 11 is 6.43. The quantitative estimate of drug-likeness (QED) is 0.209. The molecule has 0 bridgehead atoms. The van der Waals surface area contributed by atoms with E-state index in [-0.39, 0.29) is 30.4 Å². The number of halogens is 1. The minimum atomic E-state index is -1.07. The fourth-order valence-electron chi connectivity index (χ4n) is 6.58. The molecular weight excluding hydrogens is 530 g/mol. The normalized spacial score (nSPS) is 20.3. The lowest BCUT2D eigenvalue weighted by molar-refractivity contribution is -0.124. The first kappa shape index (κ1) is 32.0. The van der Waals surface area contributed by atoms with Crippen LogP contribution in [0, 0.1) is 11.8 Å². The maximum atomic E-state index is 13.6. The molecule has 1 aliphatic carbocycles. The van der Waals surface area contributed by atoms with Gasteiger partial charge >= 0.3 is 12.1 Å². The predicted molar refractivity (Wildman–Crippen MR) is 159 cm³/mol. The van der Waals surface area contributed by atoms with Crippen molar-refractivity contribution in [2.75, 3.05) is 33.2 Å². The minimum absolute atomic E-state index is 0.0601. The molecule has 1 heterocycles. The molecule has 9 nitrogen and oxygen atoms in total. The molecule has 5 N–H and O–H groups in total. The van der Waals surface area contributed by atoms with E-state index in [1.165, 1.54) is 32.1 Å². The summed E-state index contributed by atoms with van der Waals surface area (Å²) in [5, 5.41) is 22.0. The summed E-state index contributed by atoms with van der Waals surface area (Å²) in [5.41, 5.74) is 0.0959. The molecule has 1 saturated carbocycles.